The van der Waals surface area contributed by atoms with Crippen molar-refractivity contribution in [3.8, 4) is 0 Å². The average Bonchev–Trinajstić information content (AvgIpc) is 1.67. The Kier molecular flexibility index (Phi) is 2.44. The minimum atomic E-state index is -0.903. The van der Waals surface area contributed by atoms with Crippen molar-refractivity contribution >= 4 is 0 Å². The van der Waals surface area contributed by atoms with E-state index in [4.69, 9.17) is 10.2 Å². The minimum Gasteiger partial charge on any atom is -0.393 e. The van der Waals surface area contributed by atoms with Gasteiger partial charge in [0.25, 0.3) is 0 Å². The van der Waals surface area contributed by atoms with Crippen LogP contribution in [0, 0.1) is 5.92 Å². The molecule has 0 heterocycles. The Balaban J connectivity index is 3.71. The van der Waals surface area contributed by atoms with E-state index < -0.39 is 5.60 Å². The molecule has 0 fully saturated rings. The van der Waals surface area contributed by atoms with Gasteiger partial charge in [-0.3, -0.25) is 0 Å². The average molecular weight is 118 g/mol. The van der Waals surface area contributed by atoms with Crippen LogP contribution in [0.5, 0.6) is 0 Å². The fraction of sp³-hybridized carbons (Fsp3) is 1.00. The highest BCUT2D eigenvalue weighted by atomic mass is 16.3. The summed E-state index contributed by atoms with van der Waals surface area (Å²) in [7, 11) is 0. The van der Waals surface area contributed by atoms with Gasteiger partial charge >= 0.3 is 0 Å². The van der Waals surface area contributed by atoms with E-state index in [9.17, 15) is 0 Å². The first kappa shape index (κ1) is 7.92. The molecule has 0 unspecified atom stereocenters. The molecule has 0 bridgehead atoms. The van der Waals surface area contributed by atoms with Crippen molar-refractivity contribution < 1.29 is 10.2 Å². The first-order valence-corrected chi connectivity index (χ1v) is 2.84. The van der Waals surface area contributed by atoms with Gasteiger partial charge in [0.1, 0.15) is 0 Å². The summed E-state index contributed by atoms with van der Waals surface area (Å²) < 4.78 is 0. The minimum absolute atomic E-state index is 0.118. The lowest BCUT2D eigenvalue weighted by molar-refractivity contribution is -0.0350. The van der Waals surface area contributed by atoms with Crippen LogP contribution in [-0.2, 0) is 0 Å². The third-order valence-corrected chi connectivity index (χ3v) is 1.56. The molecule has 0 amide bonds. The SMILES string of the molecule is CC(C)[C@@](C)(O)CO. The van der Waals surface area contributed by atoms with E-state index in [1.54, 1.807) is 6.92 Å². The van der Waals surface area contributed by atoms with Gasteiger partial charge in [-0.15, -0.1) is 0 Å². The first-order chi connectivity index (χ1) is 3.50. The molecule has 0 aromatic heterocycles. The zero-order chi connectivity index (χ0) is 6.78. The van der Waals surface area contributed by atoms with Crippen LogP contribution >= 0.6 is 0 Å². The van der Waals surface area contributed by atoms with E-state index in [1.165, 1.54) is 0 Å². The van der Waals surface area contributed by atoms with Crippen LogP contribution in [0.15, 0.2) is 0 Å². The largest absolute Gasteiger partial charge is 0.393 e. The quantitative estimate of drug-likeness (QED) is 0.550. The summed E-state index contributed by atoms with van der Waals surface area (Å²) >= 11 is 0. The van der Waals surface area contributed by atoms with E-state index in [-0.39, 0.29) is 12.5 Å². The van der Waals surface area contributed by atoms with Crippen LogP contribution < -0.4 is 0 Å². The maximum Gasteiger partial charge on any atom is 0.0872 e. The van der Waals surface area contributed by atoms with Gasteiger partial charge in [0.2, 0.25) is 0 Å². The van der Waals surface area contributed by atoms with Crippen molar-refractivity contribution in [2.45, 2.75) is 26.4 Å². The molecule has 0 spiro atoms. The maximum absolute atomic E-state index is 9.15. The third-order valence-electron chi connectivity index (χ3n) is 1.56. The molecule has 0 aromatic rings. The molecule has 0 aliphatic heterocycles. The van der Waals surface area contributed by atoms with Gasteiger partial charge in [-0.05, 0) is 12.8 Å². The van der Waals surface area contributed by atoms with Crippen LogP contribution in [0.3, 0.4) is 0 Å². The molecule has 0 aliphatic carbocycles. The maximum atomic E-state index is 9.15. The van der Waals surface area contributed by atoms with Crippen LogP contribution in [0.4, 0.5) is 0 Å². The zero-order valence-corrected chi connectivity index (χ0v) is 5.68. The Morgan fingerprint density at radius 3 is 1.88 bits per heavy atom. The number of hydrogen-bond donors (Lipinski definition) is 2. The second-order valence-corrected chi connectivity index (χ2v) is 2.67. The summed E-state index contributed by atoms with van der Waals surface area (Å²) in [5.74, 6) is 0.118. The van der Waals surface area contributed by atoms with Crippen molar-refractivity contribution in [1.82, 2.24) is 0 Å². The normalized spacial score (nSPS) is 18.8. The smallest absolute Gasteiger partial charge is 0.0872 e. The van der Waals surface area contributed by atoms with Crippen LogP contribution in [0.1, 0.15) is 20.8 Å². The molecule has 2 nitrogen and oxygen atoms in total. The van der Waals surface area contributed by atoms with Gasteiger partial charge in [0, 0.05) is 0 Å². The predicted octanol–water partition coefficient (Wildman–Crippen LogP) is 0.386. The Bertz CT molecular complexity index is 66.9. The van der Waals surface area contributed by atoms with E-state index in [2.05, 4.69) is 0 Å². The molecule has 2 heteroatoms. The number of rotatable bonds is 2. The summed E-state index contributed by atoms with van der Waals surface area (Å²) in [4.78, 5) is 0. The highest BCUT2D eigenvalue weighted by Crippen LogP contribution is 2.13. The molecule has 8 heavy (non-hydrogen) atoms. The second-order valence-electron chi connectivity index (χ2n) is 2.67. The predicted molar refractivity (Wildman–Crippen MR) is 32.5 cm³/mol. The standard InChI is InChI=1S/C6H14O2/c1-5(2)6(3,8)4-7/h5,7-8H,4H2,1-3H3/t6-/m0/s1. The van der Waals surface area contributed by atoms with Gasteiger partial charge in [0.15, 0.2) is 0 Å². The van der Waals surface area contributed by atoms with Gasteiger partial charge < -0.3 is 10.2 Å². The van der Waals surface area contributed by atoms with E-state index in [1.807, 2.05) is 13.8 Å². The van der Waals surface area contributed by atoms with Crippen LogP contribution in [-0.4, -0.2) is 22.4 Å². The molecule has 0 saturated heterocycles. The zero-order valence-electron chi connectivity index (χ0n) is 5.68. The molecule has 50 valence electrons. The fourth-order valence-electron chi connectivity index (χ4n) is 0.183. The number of hydrogen-bond acceptors (Lipinski definition) is 2. The molecule has 0 aromatic carbocycles. The Morgan fingerprint density at radius 1 is 1.50 bits per heavy atom. The van der Waals surface area contributed by atoms with Crippen molar-refractivity contribution in [3.63, 3.8) is 0 Å². The molecule has 0 saturated carbocycles. The molecule has 0 aliphatic rings. The monoisotopic (exact) mass is 118 g/mol. The Hall–Kier alpha value is -0.0800. The lowest BCUT2D eigenvalue weighted by atomic mass is 9.94. The lowest BCUT2D eigenvalue weighted by Gasteiger charge is -2.24. The second kappa shape index (κ2) is 2.46. The molecule has 1 atom stereocenters. The highest BCUT2D eigenvalue weighted by Gasteiger charge is 2.22. The van der Waals surface area contributed by atoms with E-state index >= 15 is 0 Å². The van der Waals surface area contributed by atoms with Crippen molar-refractivity contribution in [3.05, 3.63) is 0 Å². The van der Waals surface area contributed by atoms with Gasteiger partial charge in [-0.1, -0.05) is 13.8 Å². The highest BCUT2D eigenvalue weighted by molar-refractivity contribution is 4.73. The lowest BCUT2D eigenvalue weighted by Crippen LogP contribution is -2.34. The summed E-state index contributed by atoms with van der Waals surface area (Å²) in [5, 5.41) is 17.7. The Labute approximate surface area is 50.2 Å². The molecule has 0 rings (SSSR count). The summed E-state index contributed by atoms with van der Waals surface area (Å²) in [6.07, 6.45) is 0. The van der Waals surface area contributed by atoms with E-state index in [0.717, 1.165) is 0 Å². The third kappa shape index (κ3) is 1.80. The topological polar surface area (TPSA) is 40.5 Å². The first-order valence-electron chi connectivity index (χ1n) is 2.84. The van der Waals surface area contributed by atoms with Gasteiger partial charge in [-0.2, -0.15) is 0 Å². The summed E-state index contributed by atoms with van der Waals surface area (Å²) in [6, 6.07) is 0. The number of aliphatic hydroxyl groups excluding tert-OH is 1. The number of aliphatic hydroxyl groups is 2. The molecular formula is C6H14O2. The van der Waals surface area contributed by atoms with Gasteiger partial charge in [-0.25, -0.2) is 0 Å². The van der Waals surface area contributed by atoms with Crippen LogP contribution in [0.25, 0.3) is 0 Å². The van der Waals surface area contributed by atoms with Crippen molar-refractivity contribution in [2.24, 2.45) is 5.92 Å². The van der Waals surface area contributed by atoms with Gasteiger partial charge in [0.05, 0.1) is 12.2 Å². The van der Waals surface area contributed by atoms with E-state index in [0.29, 0.717) is 0 Å². The summed E-state index contributed by atoms with van der Waals surface area (Å²) in [5.41, 5.74) is -0.903. The van der Waals surface area contributed by atoms with Crippen molar-refractivity contribution in [2.75, 3.05) is 6.61 Å². The molecule has 2 N–H and O–H groups in total. The summed E-state index contributed by atoms with van der Waals surface area (Å²) in [6.45, 7) is 5.20. The van der Waals surface area contributed by atoms with Crippen molar-refractivity contribution in [1.29, 1.82) is 0 Å². The molecular weight excluding hydrogens is 104 g/mol. The fourth-order valence-corrected chi connectivity index (χ4v) is 0.183. The molecule has 0 radical (unpaired) electrons. The Morgan fingerprint density at radius 2 is 1.88 bits per heavy atom. The van der Waals surface area contributed by atoms with Crippen LogP contribution in [0.2, 0.25) is 0 Å².